The summed E-state index contributed by atoms with van der Waals surface area (Å²) < 4.78 is 24.5. The molecule has 1 unspecified atom stereocenters. The van der Waals surface area contributed by atoms with E-state index in [2.05, 4.69) is 10.2 Å². The van der Waals surface area contributed by atoms with Gasteiger partial charge in [0.15, 0.2) is 9.84 Å². The standard InChI is InChI=1S/C14H20N2O3S/c17-11-14(16-8-6-15-7-9-16)5-10-20(18,19)13-4-2-1-3-12(13)14/h1-4,15,17H,5-11H2. The molecular weight excluding hydrogens is 276 g/mol. The van der Waals surface area contributed by atoms with Gasteiger partial charge in [0.2, 0.25) is 0 Å². The summed E-state index contributed by atoms with van der Waals surface area (Å²) in [6, 6.07) is 7.12. The molecule has 2 heterocycles. The molecule has 3 rings (SSSR count). The molecule has 0 amide bonds. The second kappa shape index (κ2) is 5.11. The maximum atomic E-state index is 12.2. The van der Waals surface area contributed by atoms with Crippen LogP contribution < -0.4 is 5.32 Å². The molecule has 2 aliphatic heterocycles. The summed E-state index contributed by atoms with van der Waals surface area (Å²) in [5.41, 5.74) is 0.208. The minimum absolute atomic E-state index is 0.0421. The quantitative estimate of drug-likeness (QED) is 0.801. The Morgan fingerprint density at radius 3 is 2.65 bits per heavy atom. The zero-order chi connectivity index (χ0) is 14.2. The van der Waals surface area contributed by atoms with Gasteiger partial charge in [-0.05, 0) is 18.1 Å². The van der Waals surface area contributed by atoms with Crippen molar-refractivity contribution in [1.29, 1.82) is 0 Å². The van der Waals surface area contributed by atoms with Crippen molar-refractivity contribution in [2.24, 2.45) is 0 Å². The average Bonchev–Trinajstić information content (AvgIpc) is 2.49. The van der Waals surface area contributed by atoms with E-state index in [1.165, 1.54) is 0 Å². The van der Waals surface area contributed by atoms with Gasteiger partial charge in [0.1, 0.15) is 0 Å². The average molecular weight is 296 g/mol. The van der Waals surface area contributed by atoms with Crippen molar-refractivity contribution in [2.75, 3.05) is 38.5 Å². The Labute approximate surface area is 119 Å². The number of rotatable bonds is 2. The number of hydrogen-bond donors (Lipinski definition) is 2. The number of aliphatic hydroxyl groups is 1. The Hall–Kier alpha value is -0.950. The van der Waals surface area contributed by atoms with E-state index in [0.29, 0.717) is 11.3 Å². The van der Waals surface area contributed by atoms with Crippen molar-refractivity contribution < 1.29 is 13.5 Å². The summed E-state index contributed by atoms with van der Waals surface area (Å²) in [7, 11) is -3.22. The Kier molecular flexibility index (Phi) is 3.58. The molecule has 5 nitrogen and oxygen atoms in total. The molecule has 2 N–H and O–H groups in total. The van der Waals surface area contributed by atoms with Crippen molar-refractivity contribution in [2.45, 2.75) is 16.9 Å². The first-order valence-electron chi connectivity index (χ1n) is 6.99. The highest BCUT2D eigenvalue weighted by Crippen LogP contribution is 2.41. The molecule has 0 spiro atoms. The fourth-order valence-corrected chi connectivity index (χ4v) is 5.06. The van der Waals surface area contributed by atoms with Crippen LogP contribution >= 0.6 is 0 Å². The molecule has 0 bridgehead atoms. The molecule has 0 aromatic heterocycles. The minimum atomic E-state index is -3.22. The third-order valence-electron chi connectivity index (χ3n) is 4.49. The number of aliphatic hydroxyl groups excluding tert-OH is 1. The van der Waals surface area contributed by atoms with E-state index in [9.17, 15) is 13.5 Å². The highest BCUT2D eigenvalue weighted by atomic mass is 32.2. The zero-order valence-electron chi connectivity index (χ0n) is 11.4. The van der Waals surface area contributed by atoms with Crippen LogP contribution in [0.4, 0.5) is 0 Å². The Morgan fingerprint density at radius 1 is 1.25 bits per heavy atom. The van der Waals surface area contributed by atoms with Gasteiger partial charge in [-0.15, -0.1) is 0 Å². The lowest BCUT2D eigenvalue weighted by molar-refractivity contribution is 0.0107. The molecule has 1 saturated heterocycles. The lowest BCUT2D eigenvalue weighted by Crippen LogP contribution is -2.58. The van der Waals surface area contributed by atoms with Crippen molar-refractivity contribution in [3.05, 3.63) is 29.8 Å². The van der Waals surface area contributed by atoms with E-state index in [0.717, 1.165) is 31.7 Å². The van der Waals surface area contributed by atoms with Gasteiger partial charge < -0.3 is 10.4 Å². The molecular formula is C14H20N2O3S. The Bertz CT molecular complexity index is 596. The lowest BCUT2D eigenvalue weighted by atomic mass is 9.85. The lowest BCUT2D eigenvalue weighted by Gasteiger charge is -2.47. The van der Waals surface area contributed by atoms with Crippen LogP contribution in [0.15, 0.2) is 29.2 Å². The summed E-state index contributed by atoms with van der Waals surface area (Å²) in [5.74, 6) is 0.106. The largest absolute Gasteiger partial charge is 0.394 e. The predicted molar refractivity (Wildman–Crippen MR) is 76.3 cm³/mol. The van der Waals surface area contributed by atoms with Crippen LogP contribution in [0.3, 0.4) is 0 Å². The first-order chi connectivity index (χ1) is 9.60. The van der Waals surface area contributed by atoms with Crippen LogP contribution in [0.1, 0.15) is 12.0 Å². The van der Waals surface area contributed by atoms with E-state index >= 15 is 0 Å². The molecule has 1 atom stereocenters. The van der Waals surface area contributed by atoms with Gasteiger partial charge in [-0.1, -0.05) is 18.2 Å². The summed E-state index contributed by atoms with van der Waals surface area (Å²) in [6.07, 6.45) is 0.461. The summed E-state index contributed by atoms with van der Waals surface area (Å²) in [5, 5.41) is 13.3. The van der Waals surface area contributed by atoms with Crippen LogP contribution in [-0.2, 0) is 15.4 Å². The number of fused-ring (bicyclic) bond motifs is 1. The third kappa shape index (κ3) is 2.07. The van der Waals surface area contributed by atoms with Gasteiger partial charge in [0.25, 0.3) is 0 Å². The van der Waals surface area contributed by atoms with Gasteiger partial charge in [0.05, 0.1) is 22.8 Å². The molecule has 1 aromatic carbocycles. The first kappa shape index (κ1) is 14.0. The molecule has 1 fully saturated rings. The molecule has 6 heteroatoms. The molecule has 0 saturated carbocycles. The molecule has 2 aliphatic rings. The van der Waals surface area contributed by atoms with Crippen molar-refractivity contribution in [1.82, 2.24) is 10.2 Å². The normalized spacial score (nSPS) is 29.9. The predicted octanol–water partition coefficient (Wildman–Crippen LogP) is -0.0432. The zero-order valence-corrected chi connectivity index (χ0v) is 12.2. The Morgan fingerprint density at radius 2 is 1.95 bits per heavy atom. The number of hydrogen-bond acceptors (Lipinski definition) is 5. The van der Waals surface area contributed by atoms with E-state index in [-0.39, 0.29) is 12.4 Å². The van der Waals surface area contributed by atoms with E-state index in [1.807, 2.05) is 12.1 Å². The molecule has 0 aliphatic carbocycles. The van der Waals surface area contributed by atoms with E-state index < -0.39 is 15.4 Å². The Balaban J connectivity index is 2.12. The third-order valence-corrected chi connectivity index (χ3v) is 6.26. The summed E-state index contributed by atoms with van der Waals surface area (Å²) >= 11 is 0. The highest BCUT2D eigenvalue weighted by Gasteiger charge is 2.45. The van der Waals surface area contributed by atoms with Gasteiger partial charge in [-0.25, -0.2) is 8.42 Å². The van der Waals surface area contributed by atoms with Crippen molar-refractivity contribution in [3.8, 4) is 0 Å². The fraction of sp³-hybridized carbons (Fsp3) is 0.571. The first-order valence-corrected chi connectivity index (χ1v) is 8.64. The van der Waals surface area contributed by atoms with Gasteiger partial charge in [0, 0.05) is 26.2 Å². The maximum Gasteiger partial charge on any atom is 0.178 e. The van der Waals surface area contributed by atoms with Gasteiger partial charge >= 0.3 is 0 Å². The van der Waals surface area contributed by atoms with Gasteiger partial charge in [-0.2, -0.15) is 0 Å². The number of benzene rings is 1. The fourth-order valence-electron chi connectivity index (χ4n) is 3.36. The maximum absolute atomic E-state index is 12.2. The van der Waals surface area contributed by atoms with Crippen LogP contribution in [0, 0.1) is 0 Å². The number of sulfone groups is 1. The van der Waals surface area contributed by atoms with E-state index in [4.69, 9.17) is 0 Å². The van der Waals surface area contributed by atoms with Crippen LogP contribution in [0.5, 0.6) is 0 Å². The molecule has 0 radical (unpaired) electrons. The smallest absolute Gasteiger partial charge is 0.178 e. The van der Waals surface area contributed by atoms with Crippen molar-refractivity contribution >= 4 is 9.84 Å². The molecule has 110 valence electrons. The summed E-state index contributed by atoms with van der Waals surface area (Å²) in [4.78, 5) is 2.62. The van der Waals surface area contributed by atoms with Crippen LogP contribution in [-0.4, -0.2) is 57.0 Å². The number of nitrogens with one attached hydrogen (secondary N) is 1. The topological polar surface area (TPSA) is 69.6 Å². The van der Waals surface area contributed by atoms with Crippen LogP contribution in [0.2, 0.25) is 0 Å². The highest BCUT2D eigenvalue weighted by molar-refractivity contribution is 7.91. The number of nitrogens with zero attached hydrogens (tertiary/aromatic N) is 1. The van der Waals surface area contributed by atoms with Gasteiger partial charge in [-0.3, -0.25) is 4.90 Å². The second-order valence-corrected chi connectivity index (χ2v) is 7.57. The molecule has 20 heavy (non-hydrogen) atoms. The van der Waals surface area contributed by atoms with Crippen LogP contribution in [0.25, 0.3) is 0 Å². The SMILES string of the molecule is O=S1(=O)CCC(CO)(N2CCNCC2)c2ccccc21. The van der Waals surface area contributed by atoms with E-state index in [1.54, 1.807) is 12.1 Å². The minimum Gasteiger partial charge on any atom is -0.394 e. The van der Waals surface area contributed by atoms with Crippen molar-refractivity contribution in [3.63, 3.8) is 0 Å². The molecule has 1 aromatic rings. The second-order valence-electron chi connectivity index (χ2n) is 5.49. The summed E-state index contributed by atoms with van der Waals surface area (Å²) in [6.45, 7) is 3.36. The number of piperazine rings is 1. The monoisotopic (exact) mass is 296 g/mol.